The topological polar surface area (TPSA) is 92.5 Å². The lowest BCUT2D eigenvalue weighted by atomic mass is 10.1. The summed E-state index contributed by atoms with van der Waals surface area (Å²) in [4.78, 5) is 20.8. The number of carboxylic acid groups (broad SMARTS) is 1. The summed E-state index contributed by atoms with van der Waals surface area (Å²) in [6.45, 7) is 2.54. The minimum Gasteiger partial charge on any atom is -0.481 e. The molecule has 0 aliphatic heterocycles. The number of rotatable bonds is 9. The molecule has 0 spiro atoms. The number of hydrogen-bond acceptors (Lipinski definition) is 4. The van der Waals surface area contributed by atoms with Gasteiger partial charge in [-0.3, -0.25) is 14.9 Å². The van der Waals surface area contributed by atoms with Gasteiger partial charge in [-0.25, -0.2) is 0 Å². The van der Waals surface area contributed by atoms with Gasteiger partial charge in [0.05, 0.1) is 4.92 Å². The summed E-state index contributed by atoms with van der Waals surface area (Å²) in [5.74, 6) is -0.765. The second-order valence-electron chi connectivity index (χ2n) is 4.76. The second kappa shape index (κ2) is 8.14. The Morgan fingerprint density at radius 2 is 2.00 bits per heavy atom. The van der Waals surface area contributed by atoms with Crippen LogP contribution in [0.25, 0.3) is 0 Å². The first kappa shape index (κ1) is 15.9. The van der Waals surface area contributed by atoms with Crippen molar-refractivity contribution >= 4 is 17.3 Å². The molecule has 1 aromatic carbocycles. The van der Waals surface area contributed by atoms with Crippen LogP contribution in [-0.2, 0) is 4.79 Å². The third kappa shape index (κ3) is 5.69. The summed E-state index contributed by atoms with van der Waals surface area (Å²) in [6.07, 6.45) is 3.53. The average molecular weight is 280 g/mol. The van der Waals surface area contributed by atoms with Crippen molar-refractivity contribution in [1.82, 2.24) is 0 Å². The smallest absolute Gasteiger partial charge is 0.303 e. The maximum Gasteiger partial charge on any atom is 0.303 e. The van der Waals surface area contributed by atoms with Crippen LogP contribution in [0.1, 0.15) is 37.7 Å². The zero-order valence-corrected chi connectivity index (χ0v) is 11.6. The van der Waals surface area contributed by atoms with E-state index in [4.69, 9.17) is 5.11 Å². The first-order valence-corrected chi connectivity index (χ1v) is 6.71. The third-order valence-corrected chi connectivity index (χ3v) is 2.98. The molecule has 0 heterocycles. The zero-order valence-electron chi connectivity index (χ0n) is 11.6. The fourth-order valence-electron chi connectivity index (χ4n) is 1.93. The predicted octanol–water partition coefficient (Wildman–Crippen LogP) is 3.35. The first-order valence-electron chi connectivity index (χ1n) is 6.71. The van der Waals surface area contributed by atoms with Crippen molar-refractivity contribution in [3.8, 4) is 0 Å². The summed E-state index contributed by atoms with van der Waals surface area (Å²) < 4.78 is 0. The SMILES string of the molecule is Cc1ccc([N+](=O)[O-])c(NCCCCCCC(=O)O)c1. The molecule has 0 aromatic heterocycles. The number of hydrogen-bond donors (Lipinski definition) is 2. The van der Waals surface area contributed by atoms with Gasteiger partial charge in [0.1, 0.15) is 5.69 Å². The van der Waals surface area contributed by atoms with Crippen molar-refractivity contribution in [2.45, 2.75) is 39.0 Å². The number of carbonyl (C=O) groups is 1. The predicted molar refractivity (Wildman–Crippen MR) is 77.0 cm³/mol. The molecule has 6 nitrogen and oxygen atoms in total. The van der Waals surface area contributed by atoms with Gasteiger partial charge in [-0.1, -0.05) is 18.9 Å². The highest BCUT2D eigenvalue weighted by Gasteiger charge is 2.12. The van der Waals surface area contributed by atoms with Crippen LogP contribution in [0.5, 0.6) is 0 Å². The minimum absolute atomic E-state index is 0.0847. The lowest BCUT2D eigenvalue weighted by Gasteiger charge is -2.07. The number of aliphatic carboxylic acids is 1. The molecule has 1 aromatic rings. The van der Waals surface area contributed by atoms with Crippen LogP contribution in [0.2, 0.25) is 0 Å². The largest absolute Gasteiger partial charge is 0.481 e. The lowest BCUT2D eigenvalue weighted by molar-refractivity contribution is -0.384. The van der Waals surface area contributed by atoms with E-state index in [1.807, 2.05) is 6.92 Å². The monoisotopic (exact) mass is 280 g/mol. The Morgan fingerprint density at radius 3 is 2.65 bits per heavy atom. The summed E-state index contributed by atoms with van der Waals surface area (Å²) in [5, 5.41) is 22.5. The molecular formula is C14H20N2O4. The Labute approximate surface area is 118 Å². The van der Waals surface area contributed by atoms with Crippen molar-refractivity contribution < 1.29 is 14.8 Å². The van der Waals surface area contributed by atoms with Crippen LogP contribution in [0.15, 0.2) is 18.2 Å². The summed E-state index contributed by atoms with van der Waals surface area (Å²) in [7, 11) is 0. The van der Waals surface area contributed by atoms with E-state index in [2.05, 4.69) is 5.32 Å². The Hall–Kier alpha value is -2.11. The Balaban J connectivity index is 2.33. The van der Waals surface area contributed by atoms with E-state index >= 15 is 0 Å². The highest BCUT2D eigenvalue weighted by atomic mass is 16.6. The molecule has 1 rings (SSSR count). The highest BCUT2D eigenvalue weighted by Crippen LogP contribution is 2.25. The number of nitrogens with zero attached hydrogens (tertiary/aromatic N) is 1. The van der Waals surface area contributed by atoms with Crippen LogP contribution in [0, 0.1) is 17.0 Å². The Kier molecular flexibility index (Phi) is 6.49. The Bertz CT molecular complexity index is 474. The maximum absolute atomic E-state index is 10.9. The van der Waals surface area contributed by atoms with Gasteiger partial charge in [0.15, 0.2) is 0 Å². The quantitative estimate of drug-likeness (QED) is 0.411. The highest BCUT2D eigenvalue weighted by molar-refractivity contribution is 5.66. The van der Waals surface area contributed by atoms with E-state index in [1.165, 1.54) is 6.07 Å². The first-order chi connectivity index (χ1) is 9.50. The molecule has 0 aliphatic carbocycles. The van der Waals surface area contributed by atoms with E-state index in [1.54, 1.807) is 12.1 Å². The molecule has 0 atom stereocenters. The number of benzene rings is 1. The maximum atomic E-state index is 10.9. The number of nitro benzene ring substituents is 1. The molecule has 110 valence electrons. The number of nitro groups is 1. The third-order valence-electron chi connectivity index (χ3n) is 2.98. The summed E-state index contributed by atoms with van der Waals surface area (Å²) in [5.41, 5.74) is 1.60. The van der Waals surface area contributed by atoms with Crippen LogP contribution in [0.3, 0.4) is 0 Å². The van der Waals surface area contributed by atoms with E-state index < -0.39 is 10.9 Å². The van der Waals surface area contributed by atoms with Gasteiger partial charge in [-0.05, 0) is 31.4 Å². The summed E-state index contributed by atoms with van der Waals surface area (Å²) >= 11 is 0. The molecule has 0 aliphatic rings. The lowest BCUT2D eigenvalue weighted by Crippen LogP contribution is -2.04. The normalized spacial score (nSPS) is 10.2. The fraction of sp³-hybridized carbons (Fsp3) is 0.500. The van der Waals surface area contributed by atoms with Gasteiger partial charge in [0.2, 0.25) is 0 Å². The standard InChI is InChI=1S/C14H20N2O4/c1-11-7-8-13(16(19)20)12(10-11)15-9-5-3-2-4-6-14(17)18/h7-8,10,15H,2-6,9H2,1H3,(H,17,18). The van der Waals surface area contributed by atoms with Crippen molar-refractivity contribution in [2.75, 3.05) is 11.9 Å². The molecule has 0 amide bonds. The molecule has 2 N–H and O–H groups in total. The van der Waals surface area contributed by atoms with E-state index in [0.717, 1.165) is 24.8 Å². The van der Waals surface area contributed by atoms with Gasteiger partial charge >= 0.3 is 5.97 Å². The van der Waals surface area contributed by atoms with Crippen LogP contribution < -0.4 is 5.32 Å². The molecular weight excluding hydrogens is 260 g/mol. The number of unbranched alkanes of at least 4 members (excludes halogenated alkanes) is 3. The van der Waals surface area contributed by atoms with E-state index in [-0.39, 0.29) is 12.1 Å². The van der Waals surface area contributed by atoms with Crippen molar-refractivity contribution in [3.05, 3.63) is 33.9 Å². The van der Waals surface area contributed by atoms with Crippen molar-refractivity contribution in [2.24, 2.45) is 0 Å². The zero-order chi connectivity index (χ0) is 15.0. The number of nitrogens with one attached hydrogen (secondary N) is 1. The number of carboxylic acids is 1. The van der Waals surface area contributed by atoms with Gasteiger partial charge in [0.25, 0.3) is 5.69 Å². The molecule has 0 bridgehead atoms. The Morgan fingerprint density at radius 1 is 1.30 bits per heavy atom. The number of anilines is 1. The van der Waals surface area contributed by atoms with Gasteiger partial charge < -0.3 is 10.4 Å². The van der Waals surface area contributed by atoms with E-state index in [9.17, 15) is 14.9 Å². The number of aryl methyl sites for hydroxylation is 1. The molecule has 20 heavy (non-hydrogen) atoms. The second-order valence-corrected chi connectivity index (χ2v) is 4.76. The minimum atomic E-state index is -0.765. The van der Waals surface area contributed by atoms with Crippen LogP contribution in [0.4, 0.5) is 11.4 Å². The molecule has 0 saturated heterocycles. The van der Waals surface area contributed by atoms with Crippen LogP contribution >= 0.6 is 0 Å². The average Bonchev–Trinajstić information content (AvgIpc) is 2.37. The molecule has 0 fully saturated rings. The summed E-state index contributed by atoms with van der Waals surface area (Å²) in [6, 6.07) is 4.99. The molecule has 0 saturated carbocycles. The molecule has 0 unspecified atom stereocenters. The van der Waals surface area contributed by atoms with Gasteiger partial charge in [0, 0.05) is 19.0 Å². The van der Waals surface area contributed by atoms with Crippen LogP contribution in [-0.4, -0.2) is 22.5 Å². The fourth-order valence-corrected chi connectivity index (χ4v) is 1.93. The van der Waals surface area contributed by atoms with Gasteiger partial charge in [-0.15, -0.1) is 0 Å². The van der Waals surface area contributed by atoms with Crippen molar-refractivity contribution in [3.63, 3.8) is 0 Å². The molecule has 6 heteroatoms. The molecule has 0 radical (unpaired) electrons. The van der Waals surface area contributed by atoms with Gasteiger partial charge in [-0.2, -0.15) is 0 Å². The van der Waals surface area contributed by atoms with E-state index in [0.29, 0.717) is 18.7 Å². The van der Waals surface area contributed by atoms with Crippen molar-refractivity contribution in [1.29, 1.82) is 0 Å².